The van der Waals surface area contributed by atoms with Crippen LogP contribution in [0.5, 0.6) is 0 Å². The van der Waals surface area contributed by atoms with E-state index in [0.717, 1.165) is 12.8 Å². The summed E-state index contributed by atoms with van der Waals surface area (Å²) in [6.07, 6.45) is 1.36. The van der Waals surface area contributed by atoms with Gasteiger partial charge in [-0.3, -0.25) is 9.59 Å². The quantitative estimate of drug-likeness (QED) is 0.590. The monoisotopic (exact) mass is 285 g/mol. The predicted octanol–water partition coefficient (Wildman–Crippen LogP) is -1.16. The van der Waals surface area contributed by atoms with Gasteiger partial charge in [0.05, 0.1) is 13.0 Å². The zero-order chi connectivity index (χ0) is 14.7. The first-order valence-electron chi connectivity index (χ1n) is 6.72. The summed E-state index contributed by atoms with van der Waals surface area (Å²) in [5.41, 5.74) is 0. The summed E-state index contributed by atoms with van der Waals surface area (Å²) in [5, 5.41) is 20.5. The second kappa shape index (κ2) is 6.08. The fraction of sp³-hybridized carbons (Fsp3) is 0.750. The molecule has 0 aromatic rings. The molecular weight excluding hydrogens is 266 g/mol. The van der Waals surface area contributed by atoms with Crippen LogP contribution in [0.25, 0.3) is 0 Å². The molecule has 1 heterocycles. The Morgan fingerprint density at radius 3 is 2.65 bits per heavy atom. The highest BCUT2D eigenvalue weighted by Gasteiger charge is 2.40. The number of nitrogens with zero attached hydrogens (tertiary/aromatic N) is 2. The van der Waals surface area contributed by atoms with E-state index >= 15 is 0 Å². The molecule has 112 valence electrons. The van der Waals surface area contributed by atoms with Crippen LogP contribution < -0.4 is 5.32 Å². The Balaban J connectivity index is 2.11. The molecule has 0 bridgehead atoms. The van der Waals surface area contributed by atoms with E-state index in [1.807, 2.05) is 0 Å². The van der Waals surface area contributed by atoms with Crippen LogP contribution in [0.15, 0.2) is 0 Å². The Labute approximate surface area is 116 Å². The van der Waals surface area contributed by atoms with Gasteiger partial charge in [-0.05, 0) is 12.8 Å². The molecule has 1 aliphatic carbocycles. The van der Waals surface area contributed by atoms with E-state index in [1.165, 1.54) is 9.80 Å². The molecule has 1 unspecified atom stereocenters. The number of hydrogen-bond acceptors (Lipinski definition) is 4. The highest BCUT2D eigenvalue weighted by atomic mass is 16.4. The number of urea groups is 1. The lowest BCUT2D eigenvalue weighted by Crippen LogP contribution is -2.61. The lowest BCUT2D eigenvalue weighted by molar-refractivity contribution is -0.142. The smallest absolute Gasteiger partial charge is 0.321 e. The number of aliphatic hydroxyl groups is 1. The molecule has 0 aromatic heterocycles. The maximum absolute atomic E-state index is 12.5. The third-order valence-corrected chi connectivity index (χ3v) is 3.52. The second-order valence-corrected chi connectivity index (χ2v) is 5.03. The zero-order valence-corrected chi connectivity index (χ0v) is 11.1. The molecule has 8 heteroatoms. The first kappa shape index (κ1) is 14.6. The summed E-state index contributed by atoms with van der Waals surface area (Å²) in [6.45, 7) is 0.669. The number of carbonyl (C=O) groups is 3. The van der Waals surface area contributed by atoms with Gasteiger partial charge < -0.3 is 25.3 Å². The summed E-state index contributed by atoms with van der Waals surface area (Å²) in [5.74, 6) is -1.56. The number of nitrogens with one attached hydrogen (secondary N) is 1. The van der Waals surface area contributed by atoms with E-state index in [1.54, 1.807) is 0 Å². The number of aliphatic hydroxyl groups excluding tert-OH is 1. The number of rotatable bonds is 5. The fourth-order valence-electron chi connectivity index (χ4n) is 2.41. The molecule has 2 aliphatic rings. The summed E-state index contributed by atoms with van der Waals surface area (Å²) < 4.78 is 0. The molecule has 3 N–H and O–H groups in total. The Morgan fingerprint density at radius 2 is 2.10 bits per heavy atom. The number of amides is 3. The number of carboxylic acids is 1. The van der Waals surface area contributed by atoms with Crippen molar-refractivity contribution in [3.8, 4) is 0 Å². The summed E-state index contributed by atoms with van der Waals surface area (Å²) >= 11 is 0. The lowest BCUT2D eigenvalue weighted by atomic mass is 10.1. The van der Waals surface area contributed by atoms with Crippen molar-refractivity contribution in [1.82, 2.24) is 15.1 Å². The standard InChI is InChI=1S/C12H19N3O5/c16-6-5-14(8-1-2-8)12(20)15-4-3-13-11(19)9(15)7-10(17)18/h8-9,16H,1-7H2,(H,13,19)(H,17,18). The predicted molar refractivity (Wildman–Crippen MR) is 68.0 cm³/mol. The number of hydrogen-bond donors (Lipinski definition) is 3. The molecule has 0 spiro atoms. The first-order chi connectivity index (χ1) is 9.54. The third-order valence-electron chi connectivity index (χ3n) is 3.52. The zero-order valence-electron chi connectivity index (χ0n) is 11.1. The molecule has 1 aliphatic heterocycles. The van der Waals surface area contributed by atoms with Gasteiger partial charge in [0.15, 0.2) is 0 Å². The minimum Gasteiger partial charge on any atom is -0.481 e. The average molecular weight is 285 g/mol. The maximum Gasteiger partial charge on any atom is 0.321 e. The minimum atomic E-state index is -1.12. The molecule has 2 fully saturated rings. The molecule has 1 saturated heterocycles. The van der Waals surface area contributed by atoms with Gasteiger partial charge in [-0.1, -0.05) is 0 Å². The van der Waals surface area contributed by atoms with E-state index in [2.05, 4.69) is 5.32 Å². The largest absolute Gasteiger partial charge is 0.481 e. The van der Waals surface area contributed by atoms with E-state index in [-0.39, 0.29) is 31.8 Å². The van der Waals surface area contributed by atoms with Crippen LogP contribution in [0.1, 0.15) is 19.3 Å². The van der Waals surface area contributed by atoms with Crippen LogP contribution in [-0.4, -0.2) is 76.2 Å². The molecule has 1 atom stereocenters. The van der Waals surface area contributed by atoms with Crippen molar-refractivity contribution >= 4 is 17.9 Å². The third kappa shape index (κ3) is 3.19. The molecule has 20 heavy (non-hydrogen) atoms. The average Bonchev–Trinajstić information content (AvgIpc) is 3.21. The van der Waals surface area contributed by atoms with Gasteiger partial charge in [0.1, 0.15) is 6.04 Å². The Kier molecular flexibility index (Phi) is 4.43. The highest BCUT2D eigenvalue weighted by Crippen LogP contribution is 2.28. The fourth-order valence-corrected chi connectivity index (χ4v) is 2.41. The number of aliphatic carboxylic acids is 1. The minimum absolute atomic E-state index is 0.102. The van der Waals surface area contributed by atoms with Crippen LogP contribution >= 0.6 is 0 Å². The van der Waals surface area contributed by atoms with Crippen molar-refractivity contribution in [2.24, 2.45) is 0 Å². The van der Waals surface area contributed by atoms with Crippen LogP contribution in [0.2, 0.25) is 0 Å². The normalized spacial score (nSPS) is 22.4. The van der Waals surface area contributed by atoms with Crippen LogP contribution in [0.3, 0.4) is 0 Å². The molecule has 2 rings (SSSR count). The van der Waals surface area contributed by atoms with Gasteiger partial charge in [-0.25, -0.2) is 4.79 Å². The van der Waals surface area contributed by atoms with E-state index in [9.17, 15) is 14.4 Å². The lowest BCUT2D eigenvalue weighted by Gasteiger charge is -2.37. The van der Waals surface area contributed by atoms with Gasteiger partial charge >= 0.3 is 12.0 Å². The molecule has 3 amide bonds. The summed E-state index contributed by atoms with van der Waals surface area (Å²) in [4.78, 5) is 37.9. The molecule has 8 nitrogen and oxygen atoms in total. The van der Waals surface area contributed by atoms with Crippen molar-refractivity contribution in [3.05, 3.63) is 0 Å². The van der Waals surface area contributed by atoms with Crippen LogP contribution in [-0.2, 0) is 9.59 Å². The van der Waals surface area contributed by atoms with Crippen LogP contribution in [0.4, 0.5) is 4.79 Å². The molecule has 0 aromatic carbocycles. The summed E-state index contributed by atoms with van der Waals surface area (Å²) in [6, 6.07) is -1.23. The topological polar surface area (TPSA) is 110 Å². The van der Waals surface area contributed by atoms with E-state index < -0.39 is 24.3 Å². The summed E-state index contributed by atoms with van der Waals surface area (Å²) in [7, 11) is 0. The molecular formula is C12H19N3O5. The highest BCUT2D eigenvalue weighted by molar-refractivity contribution is 5.91. The van der Waals surface area contributed by atoms with Crippen molar-refractivity contribution in [2.75, 3.05) is 26.2 Å². The first-order valence-corrected chi connectivity index (χ1v) is 6.72. The Morgan fingerprint density at radius 1 is 1.40 bits per heavy atom. The van der Waals surface area contributed by atoms with Gasteiger partial charge in [0.2, 0.25) is 5.91 Å². The molecule has 1 saturated carbocycles. The van der Waals surface area contributed by atoms with Gasteiger partial charge in [0.25, 0.3) is 0 Å². The SMILES string of the molecule is O=C(O)CC1C(=O)NCCN1C(=O)N(CCO)C1CC1. The number of piperazine rings is 1. The molecule has 0 radical (unpaired) electrons. The van der Waals surface area contributed by atoms with Gasteiger partial charge in [-0.15, -0.1) is 0 Å². The number of carboxylic acid groups (broad SMARTS) is 1. The van der Waals surface area contributed by atoms with Crippen LogP contribution in [0, 0.1) is 0 Å². The maximum atomic E-state index is 12.5. The van der Waals surface area contributed by atoms with E-state index in [0.29, 0.717) is 6.54 Å². The van der Waals surface area contributed by atoms with Gasteiger partial charge in [-0.2, -0.15) is 0 Å². The van der Waals surface area contributed by atoms with E-state index in [4.69, 9.17) is 10.2 Å². The Bertz CT molecular complexity index is 410. The number of carbonyl (C=O) groups excluding carboxylic acids is 2. The van der Waals surface area contributed by atoms with Crippen molar-refractivity contribution < 1.29 is 24.6 Å². The van der Waals surface area contributed by atoms with Crippen molar-refractivity contribution in [2.45, 2.75) is 31.3 Å². The Hall–Kier alpha value is -1.83. The van der Waals surface area contributed by atoms with Crippen molar-refractivity contribution in [3.63, 3.8) is 0 Å². The van der Waals surface area contributed by atoms with Gasteiger partial charge in [0, 0.05) is 25.7 Å². The second-order valence-electron chi connectivity index (χ2n) is 5.03. The van der Waals surface area contributed by atoms with Crippen molar-refractivity contribution in [1.29, 1.82) is 0 Å².